The van der Waals surface area contributed by atoms with Gasteiger partial charge in [-0.1, -0.05) is 27.7 Å². The Bertz CT molecular complexity index is 813. The highest BCUT2D eigenvalue weighted by Gasteiger charge is 2.23. The van der Waals surface area contributed by atoms with Gasteiger partial charge in [0, 0.05) is 11.1 Å². The Kier molecular flexibility index (Phi) is 3.51. The zero-order chi connectivity index (χ0) is 15.9. The standard InChI is InChI=1S/C13H18N8S/c1-5-8-6-9(21-11(17-8)15-7-16-21)22-12-19-18-10(20(12)14)13(2,3)4/h6-7H,5,14H2,1-4H3. The molecule has 0 fully saturated rings. The van der Waals surface area contributed by atoms with Crippen molar-refractivity contribution in [3.8, 4) is 0 Å². The number of aryl methyl sites for hydroxylation is 1. The fourth-order valence-electron chi connectivity index (χ4n) is 2.04. The van der Waals surface area contributed by atoms with E-state index in [2.05, 4.69) is 25.3 Å². The normalized spacial score (nSPS) is 12.2. The van der Waals surface area contributed by atoms with Gasteiger partial charge in [0.25, 0.3) is 5.78 Å². The summed E-state index contributed by atoms with van der Waals surface area (Å²) in [4.78, 5) is 8.57. The Hall–Kier alpha value is -2.16. The topological polar surface area (TPSA) is 99.8 Å². The summed E-state index contributed by atoms with van der Waals surface area (Å²) in [5, 5.41) is 14.1. The number of hydrogen-bond acceptors (Lipinski definition) is 7. The van der Waals surface area contributed by atoms with Crippen molar-refractivity contribution in [1.29, 1.82) is 0 Å². The lowest BCUT2D eigenvalue weighted by Gasteiger charge is -2.16. The first-order valence-electron chi connectivity index (χ1n) is 6.98. The SMILES string of the molecule is CCc1cc(Sc2nnc(C(C)(C)C)n2N)n2ncnc2n1. The lowest BCUT2D eigenvalue weighted by atomic mass is 9.96. The zero-order valence-corrected chi connectivity index (χ0v) is 13.8. The van der Waals surface area contributed by atoms with Crippen molar-refractivity contribution in [3.05, 3.63) is 23.9 Å². The minimum absolute atomic E-state index is 0.171. The van der Waals surface area contributed by atoms with Crippen LogP contribution in [0.2, 0.25) is 0 Å². The molecule has 9 heteroatoms. The van der Waals surface area contributed by atoms with Gasteiger partial charge in [-0.15, -0.1) is 10.2 Å². The minimum atomic E-state index is -0.171. The quantitative estimate of drug-likeness (QED) is 0.576. The molecule has 0 atom stereocenters. The van der Waals surface area contributed by atoms with E-state index in [1.165, 1.54) is 22.8 Å². The molecule has 0 amide bonds. The molecule has 22 heavy (non-hydrogen) atoms. The molecule has 8 nitrogen and oxygen atoms in total. The van der Waals surface area contributed by atoms with Gasteiger partial charge < -0.3 is 5.84 Å². The van der Waals surface area contributed by atoms with Gasteiger partial charge in [-0.25, -0.2) is 9.66 Å². The maximum absolute atomic E-state index is 6.14. The summed E-state index contributed by atoms with van der Waals surface area (Å²) in [6, 6.07) is 1.97. The maximum atomic E-state index is 6.14. The van der Waals surface area contributed by atoms with E-state index in [4.69, 9.17) is 5.84 Å². The van der Waals surface area contributed by atoms with E-state index < -0.39 is 0 Å². The molecular formula is C13H18N8S. The number of aromatic nitrogens is 7. The van der Waals surface area contributed by atoms with E-state index in [1.807, 2.05) is 33.8 Å². The second kappa shape index (κ2) is 5.24. The van der Waals surface area contributed by atoms with Crippen molar-refractivity contribution >= 4 is 17.5 Å². The Morgan fingerprint density at radius 3 is 2.68 bits per heavy atom. The maximum Gasteiger partial charge on any atom is 0.253 e. The molecule has 3 rings (SSSR count). The van der Waals surface area contributed by atoms with Gasteiger partial charge in [0.2, 0.25) is 5.16 Å². The Balaban J connectivity index is 2.03. The minimum Gasteiger partial charge on any atom is -0.336 e. The van der Waals surface area contributed by atoms with Crippen LogP contribution in [-0.2, 0) is 11.8 Å². The molecule has 0 aliphatic rings. The third-order valence-corrected chi connectivity index (χ3v) is 4.13. The molecule has 116 valence electrons. The first-order valence-corrected chi connectivity index (χ1v) is 7.80. The van der Waals surface area contributed by atoms with Crippen LogP contribution in [0.1, 0.15) is 39.2 Å². The van der Waals surface area contributed by atoms with Crippen molar-refractivity contribution in [2.45, 2.75) is 49.7 Å². The second-order valence-corrected chi connectivity index (χ2v) is 6.93. The van der Waals surface area contributed by atoms with Gasteiger partial charge in [0.15, 0.2) is 5.82 Å². The summed E-state index contributed by atoms with van der Waals surface area (Å²) in [5.74, 6) is 7.44. The number of fused-ring (bicyclic) bond motifs is 1. The highest BCUT2D eigenvalue weighted by atomic mass is 32.2. The summed E-state index contributed by atoms with van der Waals surface area (Å²) >= 11 is 1.40. The molecule has 0 aliphatic carbocycles. The molecular weight excluding hydrogens is 300 g/mol. The molecule has 0 saturated carbocycles. The molecule has 0 radical (unpaired) electrons. The highest BCUT2D eigenvalue weighted by molar-refractivity contribution is 7.99. The van der Waals surface area contributed by atoms with E-state index in [-0.39, 0.29) is 5.41 Å². The van der Waals surface area contributed by atoms with Crippen molar-refractivity contribution in [3.63, 3.8) is 0 Å². The van der Waals surface area contributed by atoms with Crippen molar-refractivity contribution in [2.75, 3.05) is 5.84 Å². The molecule has 0 aromatic carbocycles. The van der Waals surface area contributed by atoms with Crippen LogP contribution in [0.3, 0.4) is 0 Å². The van der Waals surface area contributed by atoms with Crippen LogP contribution in [-0.4, -0.2) is 34.5 Å². The molecule has 3 aromatic rings. The van der Waals surface area contributed by atoms with Crippen LogP contribution < -0.4 is 5.84 Å². The van der Waals surface area contributed by atoms with E-state index in [1.54, 1.807) is 4.52 Å². The van der Waals surface area contributed by atoms with Gasteiger partial charge in [-0.3, -0.25) is 0 Å². The molecule has 3 aromatic heterocycles. The van der Waals surface area contributed by atoms with E-state index in [9.17, 15) is 0 Å². The van der Waals surface area contributed by atoms with Gasteiger partial charge in [-0.2, -0.15) is 14.6 Å². The Labute approximate surface area is 132 Å². The van der Waals surface area contributed by atoms with Gasteiger partial charge in [0.05, 0.1) is 0 Å². The predicted molar refractivity (Wildman–Crippen MR) is 83.2 cm³/mol. The first-order chi connectivity index (χ1) is 10.4. The Morgan fingerprint density at radius 1 is 1.27 bits per heavy atom. The molecule has 2 N–H and O–H groups in total. The van der Waals surface area contributed by atoms with Crippen LogP contribution in [0, 0.1) is 0 Å². The lowest BCUT2D eigenvalue weighted by Crippen LogP contribution is -2.24. The number of nitrogens with zero attached hydrogens (tertiary/aromatic N) is 7. The molecule has 0 aliphatic heterocycles. The average molecular weight is 318 g/mol. The number of hydrogen-bond donors (Lipinski definition) is 1. The van der Waals surface area contributed by atoms with E-state index >= 15 is 0 Å². The third-order valence-electron chi connectivity index (χ3n) is 3.17. The average Bonchev–Trinajstić information content (AvgIpc) is 3.05. The van der Waals surface area contributed by atoms with Gasteiger partial charge in [-0.05, 0) is 24.2 Å². The number of nitrogen functional groups attached to an aromatic ring is 1. The van der Waals surface area contributed by atoms with Gasteiger partial charge in [0.1, 0.15) is 11.4 Å². The smallest absolute Gasteiger partial charge is 0.253 e. The zero-order valence-electron chi connectivity index (χ0n) is 13.0. The third kappa shape index (κ3) is 2.52. The largest absolute Gasteiger partial charge is 0.336 e. The summed E-state index contributed by atoms with van der Waals surface area (Å²) < 4.78 is 3.20. The second-order valence-electron chi connectivity index (χ2n) is 5.94. The highest BCUT2D eigenvalue weighted by Crippen LogP contribution is 2.28. The first kappa shape index (κ1) is 14.8. The number of rotatable bonds is 3. The van der Waals surface area contributed by atoms with Crippen molar-refractivity contribution < 1.29 is 0 Å². The summed E-state index contributed by atoms with van der Waals surface area (Å²) in [5.41, 5.74) is 0.776. The molecule has 0 unspecified atom stereocenters. The van der Waals surface area contributed by atoms with Crippen molar-refractivity contribution in [1.82, 2.24) is 34.5 Å². The lowest BCUT2D eigenvalue weighted by molar-refractivity contribution is 0.523. The Morgan fingerprint density at radius 2 is 2.05 bits per heavy atom. The summed E-state index contributed by atoms with van der Waals surface area (Å²) in [6.07, 6.45) is 2.30. The summed E-state index contributed by atoms with van der Waals surface area (Å²) in [6.45, 7) is 8.19. The monoisotopic (exact) mass is 318 g/mol. The fourth-order valence-corrected chi connectivity index (χ4v) is 2.90. The van der Waals surface area contributed by atoms with Crippen LogP contribution >= 0.6 is 11.8 Å². The van der Waals surface area contributed by atoms with E-state index in [0.717, 1.165) is 23.0 Å². The number of nitrogens with two attached hydrogens (primary N) is 1. The van der Waals surface area contributed by atoms with Crippen molar-refractivity contribution in [2.24, 2.45) is 0 Å². The summed E-state index contributed by atoms with van der Waals surface area (Å²) in [7, 11) is 0. The van der Waals surface area contributed by atoms with E-state index in [0.29, 0.717) is 10.9 Å². The molecule has 0 saturated heterocycles. The van der Waals surface area contributed by atoms with Crippen LogP contribution in [0.15, 0.2) is 22.6 Å². The van der Waals surface area contributed by atoms with Gasteiger partial charge >= 0.3 is 0 Å². The molecule has 3 heterocycles. The van der Waals surface area contributed by atoms with Crippen LogP contribution in [0.4, 0.5) is 0 Å². The molecule has 0 bridgehead atoms. The van der Waals surface area contributed by atoms with Crippen LogP contribution in [0.5, 0.6) is 0 Å². The molecule has 0 spiro atoms. The van der Waals surface area contributed by atoms with Crippen LogP contribution in [0.25, 0.3) is 5.78 Å². The predicted octanol–water partition coefficient (Wildman–Crippen LogP) is 1.44. The fraction of sp³-hybridized carbons (Fsp3) is 0.462.